The van der Waals surface area contributed by atoms with Gasteiger partial charge in [0.1, 0.15) is 18.4 Å². The summed E-state index contributed by atoms with van der Waals surface area (Å²) < 4.78 is 7.88. The van der Waals surface area contributed by atoms with Crippen molar-refractivity contribution in [3.8, 4) is 5.75 Å². The molecular formula is C28H27N5O2S. The molecule has 36 heavy (non-hydrogen) atoms. The summed E-state index contributed by atoms with van der Waals surface area (Å²) in [6.07, 6.45) is 0. The third-order valence-electron chi connectivity index (χ3n) is 5.81. The first kappa shape index (κ1) is 23.7. The largest absolute Gasteiger partial charge is 0.489 e. The highest BCUT2D eigenvalue weighted by Gasteiger charge is 2.34. The number of allylic oxidation sites excluding steroid dienone is 1. The lowest BCUT2D eigenvalue weighted by atomic mass is 9.95. The van der Waals surface area contributed by atoms with Crippen molar-refractivity contribution in [2.45, 2.75) is 31.7 Å². The number of thioether (sulfide) groups is 1. The van der Waals surface area contributed by atoms with Gasteiger partial charge in [0.15, 0.2) is 0 Å². The summed E-state index contributed by atoms with van der Waals surface area (Å²) in [6.45, 7) is 4.41. The maximum Gasteiger partial charge on any atom is 0.255 e. The van der Waals surface area contributed by atoms with E-state index in [4.69, 9.17) is 9.84 Å². The van der Waals surface area contributed by atoms with Crippen LogP contribution in [0.5, 0.6) is 5.75 Å². The highest BCUT2D eigenvalue weighted by molar-refractivity contribution is 7.99. The molecule has 0 aliphatic carbocycles. The predicted octanol–water partition coefficient (Wildman–Crippen LogP) is 5.90. The van der Waals surface area contributed by atoms with Gasteiger partial charge in [0.2, 0.25) is 11.1 Å². The van der Waals surface area contributed by atoms with Crippen molar-refractivity contribution in [3.05, 3.63) is 107 Å². The second kappa shape index (κ2) is 10.7. The van der Waals surface area contributed by atoms with E-state index in [1.165, 1.54) is 0 Å². The normalized spacial score (nSPS) is 14.7. The number of ether oxygens (including phenoxy) is 1. The number of anilines is 2. The van der Waals surface area contributed by atoms with Gasteiger partial charge in [-0.25, -0.2) is 4.68 Å². The summed E-state index contributed by atoms with van der Waals surface area (Å²) in [7, 11) is 0. The van der Waals surface area contributed by atoms with Gasteiger partial charge in [0.25, 0.3) is 5.91 Å². The highest BCUT2D eigenvalue weighted by Crippen LogP contribution is 2.37. The summed E-state index contributed by atoms with van der Waals surface area (Å²) in [5, 5.41) is 11.7. The Hall–Kier alpha value is -4.04. The Kier molecular flexibility index (Phi) is 7.04. The van der Waals surface area contributed by atoms with Gasteiger partial charge >= 0.3 is 0 Å². The molecule has 0 spiro atoms. The molecule has 8 heteroatoms. The third-order valence-corrected chi connectivity index (χ3v) is 6.52. The van der Waals surface area contributed by atoms with E-state index in [0.717, 1.165) is 34.0 Å². The van der Waals surface area contributed by atoms with Gasteiger partial charge in [-0.2, -0.15) is 4.98 Å². The number of carbonyl (C=O) groups is 1. The predicted molar refractivity (Wildman–Crippen MR) is 143 cm³/mol. The second-order valence-electron chi connectivity index (χ2n) is 8.33. The molecule has 0 saturated carbocycles. The number of fused-ring (bicyclic) bond motifs is 1. The van der Waals surface area contributed by atoms with Crippen LogP contribution in [0.2, 0.25) is 0 Å². The molecule has 0 radical (unpaired) electrons. The van der Waals surface area contributed by atoms with E-state index in [1.807, 2.05) is 91.9 Å². The molecule has 1 aliphatic heterocycles. The Balaban J connectivity index is 1.51. The molecule has 1 aliphatic rings. The molecule has 1 unspecified atom stereocenters. The summed E-state index contributed by atoms with van der Waals surface area (Å²) >= 11 is 1.56. The van der Waals surface area contributed by atoms with Crippen LogP contribution in [-0.4, -0.2) is 26.4 Å². The van der Waals surface area contributed by atoms with Gasteiger partial charge in [-0.05, 0) is 48.1 Å². The first-order valence-electron chi connectivity index (χ1n) is 11.8. The van der Waals surface area contributed by atoms with Crippen molar-refractivity contribution in [1.29, 1.82) is 0 Å². The van der Waals surface area contributed by atoms with Crippen LogP contribution < -0.4 is 15.4 Å². The number of para-hydroxylation sites is 1. The lowest BCUT2D eigenvalue weighted by Gasteiger charge is -2.29. The summed E-state index contributed by atoms with van der Waals surface area (Å²) in [5.74, 6) is 1.99. The molecule has 4 aromatic rings. The number of rotatable bonds is 8. The van der Waals surface area contributed by atoms with Crippen LogP contribution in [-0.2, 0) is 11.4 Å². The van der Waals surface area contributed by atoms with E-state index in [9.17, 15) is 4.79 Å². The fourth-order valence-corrected chi connectivity index (χ4v) is 4.71. The van der Waals surface area contributed by atoms with Crippen molar-refractivity contribution < 1.29 is 9.53 Å². The van der Waals surface area contributed by atoms with E-state index in [1.54, 1.807) is 16.4 Å². The van der Waals surface area contributed by atoms with E-state index >= 15 is 0 Å². The average Bonchev–Trinajstić information content (AvgIpc) is 3.30. The molecule has 2 heterocycles. The molecule has 1 amide bonds. The van der Waals surface area contributed by atoms with Gasteiger partial charge in [-0.15, -0.1) is 5.10 Å². The van der Waals surface area contributed by atoms with Gasteiger partial charge in [0, 0.05) is 11.4 Å². The third kappa shape index (κ3) is 5.13. The minimum atomic E-state index is -0.469. The highest BCUT2D eigenvalue weighted by atomic mass is 32.2. The van der Waals surface area contributed by atoms with Gasteiger partial charge < -0.3 is 15.4 Å². The SMILES string of the molecule is CCSc1nc2n(n1)C(c1cccc(OCc3ccccc3)c1)C(C(=O)Nc1ccccc1)=C(C)N2. The molecule has 0 fully saturated rings. The Morgan fingerprint density at radius 2 is 1.81 bits per heavy atom. The fourth-order valence-electron chi connectivity index (χ4n) is 4.16. The van der Waals surface area contributed by atoms with Crippen molar-refractivity contribution in [2.24, 2.45) is 0 Å². The summed E-state index contributed by atoms with van der Waals surface area (Å²) in [5.41, 5.74) is 4.01. The lowest BCUT2D eigenvalue weighted by Crippen LogP contribution is -2.31. The molecule has 2 N–H and O–H groups in total. The molecule has 1 aromatic heterocycles. The van der Waals surface area contributed by atoms with Crippen molar-refractivity contribution in [3.63, 3.8) is 0 Å². The molecule has 3 aromatic carbocycles. The van der Waals surface area contributed by atoms with Crippen LogP contribution >= 0.6 is 11.8 Å². The van der Waals surface area contributed by atoms with Crippen molar-refractivity contribution >= 4 is 29.3 Å². The first-order valence-corrected chi connectivity index (χ1v) is 12.8. The lowest BCUT2D eigenvalue weighted by molar-refractivity contribution is -0.113. The molecule has 0 bridgehead atoms. The molecule has 7 nitrogen and oxygen atoms in total. The fraction of sp³-hybridized carbons (Fsp3) is 0.179. The van der Waals surface area contributed by atoms with Crippen LogP contribution in [0.25, 0.3) is 0 Å². The Morgan fingerprint density at radius 3 is 2.56 bits per heavy atom. The van der Waals surface area contributed by atoms with Gasteiger partial charge in [-0.1, -0.05) is 79.3 Å². The Morgan fingerprint density at radius 1 is 1.06 bits per heavy atom. The number of benzene rings is 3. The number of nitrogens with zero attached hydrogens (tertiary/aromatic N) is 3. The standard InChI is InChI=1S/C28H27N5O2S/c1-3-36-28-31-27-29-19(2)24(26(34)30-22-14-8-5-9-15-22)25(33(27)32-28)21-13-10-16-23(17-21)35-18-20-11-6-4-7-12-20/h4-17,25H,3,18H2,1-2H3,(H,30,34)(H,29,31,32). The average molecular weight is 498 g/mol. The molecular weight excluding hydrogens is 470 g/mol. The zero-order valence-corrected chi connectivity index (χ0v) is 21.0. The van der Waals surface area contributed by atoms with Crippen LogP contribution in [0.4, 0.5) is 11.6 Å². The quantitative estimate of drug-likeness (QED) is 0.295. The number of carbonyl (C=O) groups excluding carboxylic acids is 1. The van der Waals surface area contributed by atoms with E-state index in [-0.39, 0.29) is 5.91 Å². The minimum Gasteiger partial charge on any atom is -0.489 e. The first-order chi connectivity index (χ1) is 17.6. The van der Waals surface area contributed by atoms with Crippen molar-refractivity contribution in [1.82, 2.24) is 14.8 Å². The van der Waals surface area contributed by atoms with Crippen LogP contribution in [0.3, 0.4) is 0 Å². The van der Waals surface area contributed by atoms with Gasteiger partial charge in [-0.3, -0.25) is 4.79 Å². The zero-order valence-electron chi connectivity index (χ0n) is 20.1. The summed E-state index contributed by atoms with van der Waals surface area (Å²) in [4.78, 5) is 18.2. The number of nitrogens with one attached hydrogen (secondary N) is 2. The van der Waals surface area contributed by atoms with E-state index in [2.05, 4.69) is 22.5 Å². The second-order valence-corrected chi connectivity index (χ2v) is 9.56. The number of aromatic nitrogens is 3. The molecule has 5 rings (SSSR count). The topological polar surface area (TPSA) is 81.1 Å². The van der Waals surface area contributed by atoms with Crippen LogP contribution in [0, 0.1) is 0 Å². The summed E-state index contributed by atoms with van der Waals surface area (Å²) in [6, 6.07) is 26.8. The molecule has 182 valence electrons. The number of hydrogen-bond acceptors (Lipinski definition) is 6. The van der Waals surface area contributed by atoms with E-state index < -0.39 is 6.04 Å². The maximum atomic E-state index is 13.6. The Bertz CT molecular complexity index is 1390. The zero-order chi connectivity index (χ0) is 24.9. The monoisotopic (exact) mass is 497 g/mol. The maximum absolute atomic E-state index is 13.6. The van der Waals surface area contributed by atoms with E-state index in [0.29, 0.717) is 23.3 Å². The van der Waals surface area contributed by atoms with Gasteiger partial charge in [0.05, 0.1) is 5.57 Å². The van der Waals surface area contributed by atoms with Crippen LogP contribution in [0.1, 0.15) is 31.0 Å². The number of hydrogen-bond donors (Lipinski definition) is 2. The minimum absolute atomic E-state index is 0.197. The Labute approximate surface area is 214 Å². The molecule has 0 saturated heterocycles. The molecule has 1 atom stereocenters. The van der Waals surface area contributed by atoms with Crippen molar-refractivity contribution in [2.75, 3.05) is 16.4 Å². The smallest absolute Gasteiger partial charge is 0.255 e. The number of amides is 1. The van der Waals surface area contributed by atoms with Crippen LogP contribution in [0.15, 0.2) is 101 Å².